The Hall–Kier alpha value is -1.96. The van der Waals surface area contributed by atoms with Gasteiger partial charge < -0.3 is 15.7 Å². The highest BCUT2D eigenvalue weighted by Crippen LogP contribution is 2.12. The molecule has 0 radical (unpaired) electrons. The molecular formula is C8H10N2O6. The van der Waals surface area contributed by atoms with Crippen molar-refractivity contribution in [2.75, 3.05) is 0 Å². The molecule has 1 saturated heterocycles. The maximum atomic E-state index is 11.1. The van der Waals surface area contributed by atoms with E-state index in [0.717, 1.165) is 0 Å². The number of hydroxylamine groups is 2. The third-order valence-corrected chi connectivity index (χ3v) is 1.90. The van der Waals surface area contributed by atoms with Crippen molar-refractivity contribution < 1.29 is 29.1 Å². The molecule has 2 amide bonds. The van der Waals surface area contributed by atoms with Crippen LogP contribution in [0.25, 0.3) is 0 Å². The van der Waals surface area contributed by atoms with Crippen molar-refractivity contribution in [2.45, 2.75) is 25.3 Å². The van der Waals surface area contributed by atoms with Gasteiger partial charge in [-0.05, 0) is 0 Å². The molecule has 1 fully saturated rings. The molecule has 1 aliphatic heterocycles. The van der Waals surface area contributed by atoms with Crippen molar-refractivity contribution in [1.29, 1.82) is 0 Å². The number of aliphatic carboxylic acids is 1. The standard InChI is InChI=1S/C8H10N2O6/c9-4(8(14)15)3-7(13)16-10-5(11)1-2-6(10)12/h4H,1-3,9H2,(H,14,15)/t4-/m0/s1. The van der Waals surface area contributed by atoms with Gasteiger partial charge in [0.1, 0.15) is 6.04 Å². The van der Waals surface area contributed by atoms with E-state index in [4.69, 9.17) is 10.8 Å². The van der Waals surface area contributed by atoms with Crippen LogP contribution in [0.15, 0.2) is 0 Å². The summed E-state index contributed by atoms with van der Waals surface area (Å²) in [6.45, 7) is 0. The molecule has 0 unspecified atom stereocenters. The molecule has 0 aliphatic carbocycles. The van der Waals surface area contributed by atoms with Gasteiger partial charge in [0.25, 0.3) is 11.8 Å². The number of carboxylic acid groups (broad SMARTS) is 1. The number of nitrogens with two attached hydrogens (primary N) is 1. The number of rotatable bonds is 4. The first-order valence-corrected chi connectivity index (χ1v) is 4.46. The number of imide groups is 1. The van der Waals surface area contributed by atoms with Gasteiger partial charge >= 0.3 is 11.9 Å². The van der Waals surface area contributed by atoms with Crippen molar-refractivity contribution in [3.63, 3.8) is 0 Å². The Kier molecular flexibility index (Phi) is 3.56. The number of carbonyl (C=O) groups excluding carboxylic acids is 3. The molecule has 8 nitrogen and oxygen atoms in total. The highest BCUT2D eigenvalue weighted by molar-refractivity contribution is 6.01. The van der Waals surface area contributed by atoms with Gasteiger partial charge in [0, 0.05) is 12.8 Å². The summed E-state index contributed by atoms with van der Waals surface area (Å²) in [6, 6.07) is -1.42. The van der Waals surface area contributed by atoms with Crippen LogP contribution in [0.1, 0.15) is 19.3 Å². The second-order valence-corrected chi connectivity index (χ2v) is 3.19. The van der Waals surface area contributed by atoms with E-state index in [9.17, 15) is 19.2 Å². The van der Waals surface area contributed by atoms with E-state index in [-0.39, 0.29) is 12.8 Å². The lowest BCUT2D eigenvalue weighted by atomic mass is 10.2. The summed E-state index contributed by atoms with van der Waals surface area (Å²) >= 11 is 0. The lowest BCUT2D eigenvalue weighted by molar-refractivity contribution is -0.197. The molecule has 1 rings (SSSR count). The van der Waals surface area contributed by atoms with Crippen LogP contribution in [-0.4, -0.2) is 40.0 Å². The number of nitrogens with zero attached hydrogens (tertiary/aromatic N) is 1. The molecule has 16 heavy (non-hydrogen) atoms. The van der Waals surface area contributed by atoms with Gasteiger partial charge in [0.2, 0.25) is 0 Å². The molecule has 0 aromatic heterocycles. The van der Waals surface area contributed by atoms with Crippen LogP contribution in [0.4, 0.5) is 0 Å². The summed E-state index contributed by atoms with van der Waals surface area (Å²) in [5.74, 6) is -3.64. The quantitative estimate of drug-likeness (QED) is 0.556. The molecule has 1 heterocycles. The molecule has 0 saturated carbocycles. The summed E-state index contributed by atoms with van der Waals surface area (Å²) in [6.07, 6.45) is -0.638. The van der Waals surface area contributed by atoms with E-state index in [1.165, 1.54) is 0 Å². The van der Waals surface area contributed by atoms with Crippen LogP contribution in [0, 0.1) is 0 Å². The predicted octanol–water partition coefficient (Wildman–Crippen LogP) is -1.60. The Labute approximate surface area is 89.9 Å². The molecule has 88 valence electrons. The summed E-state index contributed by atoms with van der Waals surface area (Å²) in [5, 5.41) is 8.76. The fourth-order valence-electron chi connectivity index (χ4n) is 1.06. The van der Waals surface area contributed by atoms with Crippen molar-refractivity contribution in [3.8, 4) is 0 Å². The monoisotopic (exact) mass is 230 g/mol. The summed E-state index contributed by atoms with van der Waals surface area (Å²) in [5.41, 5.74) is 5.07. The Morgan fingerprint density at radius 3 is 2.31 bits per heavy atom. The van der Waals surface area contributed by atoms with Gasteiger partial charge in [-0.25, -0.2) is 4.79 Å². The maximum Gasteiger partial charge on any atom is 0.335 e. The Balaban J connectivity index is 2.48. The average molecular weight is 230 g/mol. The number of carbonyl (C=O) groups is 4. The number of carboxylic acids is 1. The minimum absolute atomic E-state index is 0.0168. The predicted molar refractivity (Wildman–Crippen MR) is 47.4 cm³/mol. The lowest BCUT2D eigenvalue weighted by Gasteiger charge is -2.13. The van der Waals surface area contributed by atoms with E-state index in [0.29, 0.717) is 5.06 Å². The van der Waals surface area contributed by atoms with E-state index >= 15 is 0 Å². The fourth-order valence-corrected chi connectivity index (χ4v) is 1.06. The normalized spacial score (nSPS) is 17.4. The summed E-state index contributed by atoms with van der Waals surface area (Å²) < 4.78 is 0. The van der Waals surface area contributed by atoms with Crippen LogP contribution in [0.3, 0.4) is 0 Å². The van der Waals surface area contributed by atoms with Crippen molar-refractivity contribution in [2.24, 2.45) is 5.73 Å². The Morgan fingerprint density at radius 1 is 1.38 bits per heavy atom. The van der Waals surface area contributed by atoms with Crippen LogP contribution in [-0.2, 0) is 24.0 Å². The topological polar surface area (TPSA) is 127 Å². The summed E-state index contributed by atoms with van der Waals surface area (Å²) in [4.78, 5) is 47.9. The van der Waals surface area contributed by atoms with E-state index in [2.05, 4.69) is 4.84 Å². The maximum absolute atomic E-state index is 11.1. The first kappa shape index (κ1) is 12.1. The third-order valence-electron chi connectivity index (χ3n) is 1.90. The highest BCUT2D eigenvalue weighted by atomic mass is 16.7. The van der Waals surface area contributed by atoms with E-state index in [1.54, 1.807) is 0 Å². The summed E-state index contributed by atoms with van der Waals surface area (Å²) in [7, 11) is 0. The number of hydrogen-bond donors (Lipinski definition) is 2. The molecule has 1 atom stereocenters. The van der Waals surface area contributed by atoms with Crippen LogP contribution >= 0.6 is 0 Å². The second kappa shape index (κ2) is 4.71. The van der Waals surface area contributed by atoms with Gasteiger partial charge in [-0.15, -0.1) is 5.06 Å². The third kappa shape index (κ3) is 2.76. The molecule has 1 aliphatic rings. The minimum Gasteiger partial charge on any atom is -0.480 e. The average Bonchev–Trinajstić information content (AvgIpc) is 2.49. The zero-order chi connectivity index (χ0) is 12.3. The highest BCUT2D eigenvalue weighted by Gasteiger charge is 2.33. The zero-order valence-corrected chi connectivity index (χ0v) is 8.21. The number of hydrogen-bond acceptors (Lipinski definition) is 6. The Bertz CT molecular complexity index is 336. The van der Waals surface area contributed by atoms with Crippen LogP contribution in [0.2, 0.25) is 0 Å². The molecule has 0 bridgehead atoms. The van der Waals surface area contributed by atoms with Crippen molar-refractivity contribution in [1.82, 2.24) is 5.06 Å². The fraction of sp³-hybridized carbons (Fsp3) is 0.500. The first-order chi connectivity index (χ1) is 7.41. The van der Waals surface area contributed by atoms with Gasteiger partial charge in [-0.1, -0.05) is 0 Å². The first-order valence-electron chi connectivity index (χ1n) is 4.46. The lowest BCUT2D eigenvalue weighted by Crippen LogP contribution is -2.37. The SMILES string of the molecule is N[C@@H](CC(=O)ON1C(=O)CCC1=O)C(=O)O. The van der Waals surface area contributed by atoms with Crippen molar-refractivity contribution in [3.05, 3.63) is 0 Å². The largest absolute Gasteiger partial charge is 0.480 e. The molecule has 0 aromatic carbocycles. The molecule has 0 aromatic rings. The molecule has 8 heteroatoms. The Morgan fingerprint density at radius 2 is 1.88 bits per heavy atom. The van der Waals surface area contributed by atoms with Crippen LogP contribution in [0.5, 0.6) is 0 Å². The van der Waals surface area contributed by atoms with Gasteiger partial charge in [-0.2, -0.15) is 0 Å². The van der Waals surface area contributed by atoms with E-state index in [1.807, 2.05) is 0 Å². The van der Waals surface area contributed by atoms with E-state index < -0.39 is 36.2 Å². The second-order valence-electron chi connectivity index (χ2n) is 3.19. The van der Waals surface area contributed by atoms with Gasteiger partial charge in [-0.3, -0.25) is 14.4 Å². The van der Waals surface area contributed by atoms with Gasteiger partial charge in [0.15, 0.2) is 0 Å². The van der Waals surface area contributed by atoms with Crippen LogP contribution < -0.4 is 5.73 Å². The zero-order valence-electron chi connectivity index (χ0n) is 8.21. The smallest absolute Gasteiger partial charge is 0.335 e. The molecular weight excluding hydrogens is 220 g/mol. The number of amides is 2. The molecule has 0 spiro atoms. The molecule has 3 N–H and O–H groups in total. The van der Waals surface area contributed by atoms with Gasteiger partial charge in [0.05, 0.1) is 6.42 Å². The van der Waals surface area contributed by atoms with Crippen molar-refractivity contribution >= 4 is 23.8 Å². The minimum atomic E-state index is -1.42.